The summed E-state index contributed by atoms with van der Waals surface area (Å²) in [7, 11) is 0. The lowest BCUT2D eigenvalue weighted by Crippen LogP contribution is -2.53. The van der Waals surface area contributed by atoms with Gasteiger partial charge in [0.1, 0.15) is 11.9 Å². The summed E-state index contributed by atoms with van der Waals surface area (Å²) in [6.07, 6.45) is 7.21. The lowest BCUT2D eigenvalue weighted by atomic mass is 9.79. The van der Waals surface area contributed by atoms with Crippen LogP contribution in [0.2, 0.25) is 0 Å². The molecule has 2 bridgehead atoms. The standard InChI is InChI=1S/C18H19N5O2S/c24-15-5-10(12-8-20-21-9-12)2-4-14(15)17-22-23-18(26-17)25-16-6-13-3-1-11(16)7-19-13/h2,4-5,8-9,11,13,16,19,24H,1,3,6-7H2,(H,20,21)/t11?,13?,16-/m0/s1. The van der Waals surface area contributed by atoms with Crippen LogP contribution < -0.4 is 10.1 Å². The first-order valence-electron chi connectivity index (χ1n) is 8.82. The van der Waals surface area contributed by atoms with Crippen LogP contribution in [0.5, 0.6) is 10.9 Å². The predicted octanol–water partition coefficient (Wildman–Crippen LogP) is 2.82. The average molecular weight is 369 g/mol. The third kappa shape index (κ3) is 2.85. The number of aromatic nitrogens is 4. The third-order valence-corrected chi connectivity index (χ3v) is 6.16. The predicted molar refractivity (Wildman–Crippen MR) is 98.1 cm³/mol. The molecule has 3 aliphatic rings. The Bertz CT molecular complexity index is 902. The van der Waals surface area contributed by atoms with Gasteiger partial charge in [-0.1, -0.05) is 22.5 Å². The van der Waals surface area contributed by atoms with Gasteiger partial charge < -0.3 is 15.2 Å². The van der Waals surface area contributed by atoms with Gasteiger partial charge in [-0.25, -0.2) is 0 Å². The number of aromatic hydroxyl groups is 1. The molecule has 1 aromatic carbocycles. The first-order chi connectivity index (χ1) is 12.8. The Morgan fingerprint density at radius 2 is 2.15 bits per heavy atom. The number of hydrogen-bond donors (Lipinski definition) is 3. The molecule has 0 spiro atoms. The number of fused-ring (bicyclic) bond motifs is 3. The molecular formula is C18H19N5O2S. The first kappa shape index (κ1) is 15.8. The molecule has 8 heteroatoms. The van der Waals surface area contributed by atoms with Crippen molar-refractivity contribution in [2.75, 3.05) is 6.54 Å². The molecule has 0 radical (unpaired) electrons. The van der Waals surface area contributed by atoms with Crippen molar-refractivity contribution < 1.29 is 9.84 Å². The fraction of sp³-hybridized carbons (Fsp3) is 0.389. The molecule has 3 aromatic rings. The molecule has 2 unspecified atom stereocenters. The van der Waals surface area contributed by atoms with Crippen molar-refractivity contribution in [3.8, 4) is 32.6 Å². The molecule has 2 aromatic heterocycles. The fourth-order valence-electron chi connectivity index (χ4n) is 3.87. The van der Waals surface area contributed by atoms with E-state index in [-0.39, 0.29) is 11.9 Å². The van der Waals surface area contributed by atoms with Crippen molar-refractivity contribution in [1.82, 2.24) is 25.7 Å². The van der Waals surface area contributed by atoms with E-state index in [2.05, 4.69) is 25.7 Å². The van der Waals surface area contributed by atoms with Crippen LogP contribution in [-0.4, -0.2) is 44.2 Å². The smallest absolute Gasteiger partial charge is 0.294 e. The van der Waals surface area contributed by atoms with E-state index < -0.39 is 0 Å². The maximum Gasteiger partial charge on any atom is 0.294 e. The molecule has 3 N–H and O–H groups in total. The van der Waals surface area contributed by atoms with Crippen LogP contribution in [0.1, 0.15) is 19.3 Å². The summed E-state index contributed by atoms with van der Waals surface area (Å²) in [6, 6.07) is 6.08. The van der Waals surface area contributed by atoms with Gasteiger partial charge in [0.05, 0.1) is 11.8 Å². The molecule has 1 aliphatic carbocycles. The normalized spacial score (nSPS) is 24.7. The number of ether oxygens (including phenoxy) is 1. The van der Waals surface area contributed by atoms with Gasteiger partial charge in [0.15, 0.2) is 5.01 Å². The van der Waals surface area contributed by atoms with Gasteiger partial charge in [-0.15, -0.1) is 5.10 Å². The van der Waals surface area contributed by atoms with Crippen molar-refractivity contribution >= 4 is 11.3 Å². The van der Waals surface area contributed by atoms with Crippen LogP contribution in [-0.2, 0) is 0 Å². The largest absolute Gasteiger partial charge is 0.507 e. The molecule has 134 valence electrons. The summed E-state index contributed by atoms with van der Waals surface area (Å²) < 4.78 is 6.12. The summed E-state index contributed by atoms with van der Waals surface area (Å²) in [5, 5.41) is 30.3. The van der Waals surface area contributed by atoms with Crippen molar-refractivity contribution in [2.24, 2.45) is 5.92 Å². The van der Waals surface area contributed by atoms with E-state index in [9.17, 15) is 5.11 Å². The second-order valence-electron chi connectivity index (χ2n) is 6.93. The second-order valence-corrected chi connectivity index (χ2v) is 7.87. The monoisotopic (exact) mass is 369 g/mol. The number of piperidine rings is 2. The zero-order chi connectivity index (χ0) is 17.5. The number of benzene rings is 1. The Labute approximate surface area is 154 Å². The Kier molecular flexibility index (Phi) is 3.86. The topological polar surface area (TPSA) is 96.0 Å². The Hall–Kier alpha value is -2.45. The Morgan fingerprint density at radius 3 is 2.85 bits per heavy atom. The van der Waals surface area contributed by atoms with Crippen molar-refractivity contribution in [1.29, 1.82) is 0 Å². The van der Waals surface area contributed by atoms with Gasteiger partial charge in [-0.05, 0) is 30.5 Å². The first-order valence-corrected chi connectivity index (χ1v) is 9.64. The third-order valence-electron chi connectivity index (χ3n) is 5.32. The summed E-state index contributed by atoms with van der Waals surface area (Å²) in [5.74, 6) is 0.724. The van der Waals surface area contributed by atoms with E-state index >= 15 is 0 Å². The van der Waals surface area contributed by atoms with Crippen LogP contribution in [0.25, 0.3) is 21.7 Å². The molecule has 3 fully saturated rings. The van der Waals surface area contributed by atoms with Gasteiger partial charge in [0.2, 0.25) is 0 Å². The van der Waals surface area contributed by atoms with E-state index in [1.807, 2.05) is 12.1 Å². The molecule has 2 aliphatic heterocycles. The van der Waals surface area contributed by atoms with Crippen molar-refractivity contribution in [3.05, 3.63) is 30.6 Å². The molecular weight excluding hydrogens is 350 g/mol. The molecule has 1 saturated carbocycles. The summed E-state index contributed by atoms with van der Waals surface area (Å²) in [4.78, 5) is 0. The number of nitrogens with zero attached hydrogens (tertiary/aromatic N) is 3. The minimum absolute atomic E-state index is 0.173. The molecule has 26 heavy (non-hydrogen) atoms. The van der Waals surface area contributed by atoms with Gasteiger partial charge in [0.25, 0.3) is 5.19 Å². The highest BCUT2D eigenvalue weighted by molar-refractivity contribution is 7.16. The molecule has 2 saturated heterocycles. The van der Waals surface area contributed by atoms with Crippen LogP contribution in [0.15, 0.2) is 30.6 Å². The average Bonchev–Trinajstić information content (AvgIpc) is 3.35. The molecule has 3 atom stereocenters. The molecule has 0 amide bonds. The van der Waals surface area contributed by atoms with E-state index in [0.717, 1.165) is 24.1 Å². The van der Waals surface area contributed by atoms with Gasteiger partial charge >= 0.3 is 0 Å². The number of H-pyrrole nitrogens is 1. The van der Waals surface area contributed by atoms with Crippen LogP contribution in [0, 0.1) is 5.92 Å². The highest BCUT2D eigenvalue weighted by Gasteiger charge is 2.37. The van der Waals surface area contributed by atoms with Gasteiger partial charge in [-0.2, -0.15) is 5.10 Å². The van der Waals surface area contributed by atoms with E-state index in [1.54, 1.807) is 18.5 Å². The highest BCUT2D eigenvalue weighted by Crippen LogP contribution is 2.38. The minimum Gasteiger partial charge on any atom is -0.507 e. The SMILES string of the molecule is Oc1cc(-c2cn[nH]c2)ccc1-c1nnc(O[C@H]2CC3CCC2CN3)s1. The lowest BCUT2D eigenvalue weighted by Gasteiger charge is -2.42. The maximum absolute atomic E-state index is 10.4. The Morgan fingerprint density at radius 1 is 1.19 bits per heavy atom. The second kappa shape index (κ2) is 6.37. The molecule has 4 heterocycles. The minimum atomic E-state index is 0.173. The maximum atomic E-state index is 10.4. The lowest BCUT2D eigenvalue weighted by molar-refractivity contribution is 0.0408. The number of aromatic amines is 1. The summed E-state index contributed by atoms with van der Waals surface area (Å²) >= 11 is 1.38. The van der Waals surface area contributed by atoms with Gasteiger partial charge in [-0.3, -0.25) is 5.10 Å². The quantitative estimate of drug-likeness (QED) is 0.654. The van der Waals surface area contributed by atoms with E-state index in [4.69, 9.17) is 4.74 Å². The van der Waals surface area contributed by atoms with Crippen LogP contribution >= 0.6 is 11.3 Å². The van der Waals surface area contributed by atoms with Crippen LogP contribution in [0.4, 0.5) is 0 Å². The summed E-state index contributed by atoms with van der Waals surface area (Å²) in [6.45, 7) is 1.03. The van der Waals surface area contributed by atoms with Crippen molar-refractivity contribution in [2.45, 2.75) is 31.4 Å². The zero-order valence-electron chi connectivity index (χ0n) is 14.1. The molecule has 6 rings (SSSR count). The van der Waals surface area contributed by atoms with Crippen molar-refractivity contribution in [3.63, 3.8) is 0 Å². The molecule has 7 nitrogen and oxygen atoms in total. The van der Waals surface area contributed by atoms with E-state index in [0.29, 0.717) is 27.7 Å². The van der Waals surface area contributed by atoms with E-state index in [1.165, 1.54) is 24.2 Å². The number of nitrogens with one attached hydrogen (secondary N) is 2. The fourth-order valence-corrected chi connectivity index (χ4v) is 4.65. The van der Waals surface area contributed by atoms with Crippen LogP contribution in [0.3, 0.4) is 0 Å². The number of hydrogen-bond acceptors (Lipinski definition) is 7. The number of phenols is 1. The van der Waals surface area contributed by atoms with Gasteiger partial charge in [0, 0.05) is 36.7 Å². The zero-order valence-corrected chi connectivity index (χ0v) is 14.9. The Balaban J connectivity index is 1.35. The number of rotatable bonds is 4. The highest BCUT2D eigenvalue weighted by atomic mass is 32.1. The number of phenolic OH excluding ortho intramolecular Hbond substituents is 1. The summed E-state index contributed by atoms with van der Waals surface area (Å²) in [5.41, 5.74) is 2.48.